The highest BCUT2D eigenvalue weighted by atomic mass is 32.2. The largest absolute Gasteiger partial charge is 0.490 e. The summed E-state index contributed by atoms with van der Waals surface area (Å²) in [6.45, 7) is 5.18. The monoisotopic (exact) mass is 362 g/mol. The minimum atomic E-state index is -0.0138. The van der Waals surface area contributed by atoms with Gasteiger partial charge in [-0.25, -0.2) is 0 Å². The Balaban J connectivity index is 1.75. The summed E-state index contributed by atoms with van der Waals surface area (Å²) in [6, 6.07) is 5.89. The maximum absolute atomic E-state index is 11.8. The van der Waals surface area contributed by atoms with Crippen LogP contribution in [0.25, 0.3) is 11.4 Å². The van der Waals surface area contributed by atoms with Crippen LogP contribution in [0.15, 0.2) is 23.4 Å². The number of thioether (sulfide) groups is 1. The van der Waals surface area contributed by atoms with E-state index in [1.165, 1.54) is 11.8 Å². The molecule has 0 saturated carbocycles. The van der Waals surface area contributed by atoms with Gasteiger partial charge in [-0.15, -0.1) is 10.2 Å². The molecule has 0 aliphatic carbocycles. The lowest BCUT2D eigenvalue weighted by atomic mass is 10.2. The Bertz CT molecular complexity index is 760. The number of carbonyl (C=O) groups is 1. The average Bonchev–Trinajstić information content (AvgIpc) is 2.79. The van der Waals surface area contributed by atoms with Crippen LogP contribution in [0.5, 0.6) is 11.5 Å². The number of rotatable bonds is 5. The fourth-order valence-corrected chi connectivity index (χ4v) is 3.21. The number of amides is 1. The summed E-state index contributed by atoms with van der Waals surface area (Å²) >= 11 is 1.37. The van der Waals surface area contributed by atoms with Crippen molar-refractivity contribution in [2.75, 3.05) is 19.0 Å². The van der Waals surface area contributed by atoms with Crippen LogP contribution in [-0.2, 0) is 11.8 Å². The zero-order valence-electron chi connectivity index (χ0n) is 14.6. The van der Waals surface area contributed by atoms with Crippen molar-refractivity contribution in [1.29, 1.82) is 0 Å². The first-order chi connectivity index (χ1) is 12.0. The van der Waals surface area contributed by atoms with Crippen LogP contribution in [0.3, 0.4) is 0 Å². The summed E-state index contributed by atoms with van der Waals surface area (Å²) in [5.74, 6) is 2.50. The summed E-state index contributed by atoms with van der Waals surface area (Å²) in [7, 11) is 1.89. The number of fused-ring (bicyclic) bond motifs is 1. The first kappa shape index (κ1) is 17.6. The lowest BCUT2D eigenvalue weighted by molar-refractivity contribution is -0.119. The van der Waals surface area contributed by atoms with E-state index in [9.17, 15) is 4.79 Å². The molecule has 1 N–H and O–H groups in total. The van der Waals surface area contributed by atoms with Crippen LogP contribution >= 0.6 is 11.8 Å². The van der Waals surface area contributed by atoms with Crippen LogP contribution in [0, 0.1) is 0 Å². The Hall–Kier alpha value is -2.22. The van der Waals surface area contributed by atoms with E-state index in [0.29, 0.717) is 24.1 Å². The van der Waals surface area contributed by atoms with E-state index in [1.807, 2.05) is 43.7 Å². The molecule has 0 bridgehead atoms. The minimum absolute atomic E-state index is 0.0138. The molecule has 7 nitrogen and oxygen atoms in total. The molecule has 0 saturated heterocycles. The van der Waals surface area contributed by atoms with Gasteiger partial charge in [-0.3, -0.25) is 4.79 Å². The third kappa shape index (κ3) is 4.25. The van der Waals surface area contributed by atoms with E-state index in [0.717, 1.165) is 29.3 Å². The van der Waals surface area contributed by atoms with Gasteiger partial charge in [0.15, 0.2) is 22.5 Å². The standard InChI is InChI=1S/C17H22N4O3S/c1-11(2)18-15(22)10-25-17-20-19-16(21(17)3)12-5-6-13-14(9-12)24-8-4-7-23-13/h5-6,9,11H,4,7-8,10H2,1-3H3,(H,18,22). The molecule has 2 heterocycles. The summed E-state index contributed by atoms with van der Waals surface area (Å²) in [4.78, 5) is 11.8. The van der Waals surface area contributed by atoms with E-state index in [1.54, 1.807) is 0 Å². The van der Waals surface area contributed by atoms with E-state index in [-0.39, 0.29) is 11.9 Å². The quantitative estimate of drug-likeness (QED) is 0.822. The molecular weight excluding hydrogens is 340 g/mol. The fraction of sp³-hybridized carbons (Fsp3) is 0.471. The fourth-order valence-electron chi connectivity index (χ4n) is 2.49. The topological polar surface area (TPSA) is 78.3 Å². The van der Waals surface area contributed by atoms with Crippen molar-refractivity contribution in [3.63, 3.8) is 0 Å². The zero-order chi connectivity index (χ0) is 17.8. The van der Waals surface area contributed by atoms with Crippen LogP contribution in [0.1, 0.15) is 20.3 Å². The van der Waals surface area contributed by atoms with Gasteiger partial charge in [0.2, 0.25) is 5.91 Å². The van der Waals surface area contributed by atoms with Crippen LogP contribution in [0.4, 0.5) is 0 Å². The molecule has 134 valence electrons. The molecule has 1 aliphatic heterocycles. The number of nitrogens with zero attached hydrogens (tertiary/aromatic N) is 3. The summed E-state index contributed by atoms with van der Waals surface area (Å²) in [5.41, 5.74) is 0.901. The Morgan fingerprint density at radius 1 is 1.28 bits per heavy atom. The SMILES string of the molecule is CC(C)NC(=O)CSc1nnc(-c2ccc3c(c2)OCCCO3)n1C. The van der Waals surface area contributed by atoms with Crippen molar-refractivity contribution in [2.45, 2.75) is 31.5 Å². The average molecular weight is 362 g/mol. The van der Waals surface area contributed by atoms with Crippen molar-refractivity contribution in [3.8, 4) is 22.9 Å². The van der Waals surface area contributed by atoms with Crippen LogP contribution < -0.4 is 14.8 Å². The Kier molecular flexibility index (Phi) is 5.47. The number of carbonyl (C=O) groups excluding carboxylic acids is 1. The van der Waals surface area contributed by atoms with Gasteiger partial charge >= 0.3 is 0 Å². The Labute approximate surface area is 151 Å². The van der Waals surface area contributed by atoms with Gasteiger partial charge in [-0.2, -0.15) is 0 Å². The summed E-state index contributed by atoms with van der Waals surface area (Å²) in [5, 5.41) is 12.0. The zero-order valence-corrected chi connectivity index (χ0v) is 15.4. The summed E-state index contributed by atoms with van der Waals surface area (Å²) < 4.78 is 13.3. The normalized spacial score (nSPS) is 13.6. The third-order valence-electron chi connectivity index (χ3n) is 3.62. The molecule has 1 aromatic carbocycles. The van der Waals surface area contributed by atoms with E-state index >= 15 is 0 Å². The molecular formula is C17H22N4O3S. The minimum Gasteiger partial charge on any atom is -0.490 e. The van der Waals surface area contributed by atoms with Crippen molar-refractivity contribution in [3.05, 3.63) is 18.2 Å². The molecule has 0 radical (unpaired) electrons. The lowest BCUT2D eigenvalue weighted by Gasteiger charge is -2.10. The molecule has 0 atom stereocenters. The smallest absolute Gasteiger partial charge is 0.230 e. The number of nitrogens with one attached hydrogen (secondary N) is 1. The third-order valence-corrected chi connectivity index (χ3v) is 4.64. The predicted molar refractivity (Wildman–Crippen MR) is 96.0 cm³/mol. The maximum Gasteiger partial charge on any atom is 0.230 e. The molecule has 0 unspecified atom stereocenters. The predicted octanol–water partition coefficient (Wildman–Crippen LogP) is 2.26. The van der Waals surface area contributed by atoms with Crippen molar-refractivity contribution in [2.24, 2.45) is 7.05 Å². The molecule has 1 amide bonds. The van der Waals surface area contributed by atoms with Crippen LogP contribution in [0.2, 0.25) is 0 Å². The highest BCUT2D eigenvalue weighted by molar-refractivity contribution is 7.99. The number of hydrogen-bond donors (Lipinski definition) is 1. The van der Waals surface area contributed by atoms with Crippen molar-refractivity contribution < 1.29 is 14.3 Å². The van der Waals surface area contributed by atoms with Gasteiger partial charge < -0.3 is 19.4 Å². The van der Waals surface area contributed by atoms with E-state index in [4.69, 9.17) is 9.47 Å². The molecule has 0 spiro atoms. The molecule has 3 rings (SSSR count). The second kappa shape index (κ2) is 7.77. The maximum atomic E-state index is 11.8. The van der Waals surface area contributed by atoms with Crippen molar-refractivity contribution in [1.82, 2.24) is 20.1 Å². The molecule has 25 heavy (non-hydrogen) atoms. The van der Waals surface area contributed by atoms with Gasteiger partial charge in [0.05, 0.1) is 19.0 Å². The second-order valence-corrected chi connectivity index (χ2v) is 7.03. The Morgan fingerprint density at radius 3 is 2.80 bits per heavy atom. The first-order valence-corrected chi connectivity index (χ1v) is 9.24. The molecule has 0 fully saturated rings. The van der Waals surface area contributed by atoms with Gasteiger partial charge in [0, 0.05) is 25.1 Å². The number of aromatic nitrogens is 3. The van der Waals surface area contributed by atoms with Gasteiger partial charge in [0.1, 0.15) is 0 Å². The van der Waals surface area contributed by atoms with Gasteiger partial charge in [-0.1, -0.05) is 11.8 Å². The first-order valence-electron chi connectivity index (χ1n) is 8.26. The van der Waals surface area contributed by atoms with Crippen LogP contribution in [-0.4, -0.2) is 45.7 Å². The van der Waals surface area contributed by atoms with E-state index in [2.05, 4.69) is 15.5 Å². The Morgan fingerprint density at radius 2 is 2.04 bits per heavy atom. The molecule has 1 aliphatic rings. The highest BCUT2D eigenvalue weighted by Crippen LogP contribution is 2.34. The van der Waals surface area contributed by atoms with E-state index < -0.39 is 0 Å². The molecule has 8 heteroatoms. The molecule has 2 aromatic rings. The van der Waals surface area contributed by atoms with Gasteiger partial charge in [0.25, 0.3) is 0 Å². The highest BCUT2D eigenvalue weighted by Gasteiger charge is 2.16. The summed E-state index contributed by atoms with van der Waals surface area (Å²) in [6.07, 6.45) is 0.868. The number of hydrogen-bond acceptors (Lipinski definition) is 6. The second-order valence-electron chi connectivity index (χ2n) is 6.09. The van der Waals surface area contributed by atoms with Crippen molar-refractivity contribution >= 4 is 17.7 Å². The number of ether oxygens (including phenoxy) is 2. The number of benzene rings is 1. The lowest BCUT2D eigenvalue weighted by Crippen LogP contribution is -2.31. The van der Waals surface area contributed by atoms with Gasteiger partial charge in [-0.05, 0) is 32.0 Å². The molecule has 1 aromatic heterocycles.